The molecule has 1 aliphatic heterocycles. The first-order valence-electron chi connectivity index (χ1n) is 6.78. The summed E-state index contributed by atoms with van der Waals surface area (Å²) in [4.78, 5) is 22.9. The number of nitrogens with zero attached hydrogens (tertiary/aromatic N) is 1. The Morgan fingerprint density at radius 3 is 2.64 bits per heavy atom. The van der Waals surface area contributed by atoms with Crippen LogP contribution in [0, 0.1) is 10.1 Å². The number of carbonyl (C=O) groups is 1. The average Bonchev–Trinajstić information content (AvgIpc) is 3.37. The van der Waals surface area contributed by atoms with Gasteiger partial charge < -0.3 is 9.47 Å². The van der Waals surface area contributed by atoms with Gasteiger partial charge in [-0.3, -0.25) is 14.9 Å². The molecule has 0 aliphatic carbocycles. The molecule has 1 fully saturated rings. The van der Waals surface area contributed by atoms with Crippen molar-refractivity contribution in [3.05, 3.63) is 69.8 Å². The number of epoxide rings is 1. The number of carbonyl (C=O) groups excluding carboxylic acids is 1. The summed E-state index contributed by atoms with van der Waals surface area (Å²) < 4.78 is 10.6. The van der Waals surface area contributed by atoms with Crippen LogP contribution < -0.4 is 4.74 Å². The smallest absolute Gasteiger partial charge is 0.273 e. The number of non-ortho nitro benzene ring substituents is 1. The molecule has 22 heavy (non-hydrogen) atoms. The summed E-state index contributed by atoms with van der Waals surface area (Å²) in [6, 6.07) is 12.7. The zero-order chi connectivity index (χ0) is 15.5. The quantitative estimate of drug-likeness (QED) is 0.354. The largest absolute Gasteiger partial charge is 0.490 e. The Hall–Kier alpha value is -2.73. The normalized spacial score (nSPS) is 16.1. The standard InChI is InChI=1S/C16H13NO5/c18-16(11-4-2-1-3-5-11)14-7-6-12(17(19)20)8-15(14)22-10-13-9-21-13/h1-8,13H,9-10H2. The Bertz CT molecular complexity index is 710. The monoisotopic (exact) mass is 299 g/mol. The third-order valence-electron chi connectivity index (χ3n) is 3.28. The minimum atomic E-state index is -0.517. The van der Waals surface area contributed by atoms with E-state index >= 15 is 0 Å². The number of rotatable bonds is 6. The molecule has 1 unspecified atom stereocenters. The van der Waals surface area contributed by atoms with Gasteiger partial charge in [0.1, 0.15) is 18.5 Å². The van der Waals surface area contributed by atoms with E-state index in [1.54, 1.807) is 24.3 Å². The van der Waals surface area contributed by atoms with Gasteiger partial charge in [-0.1, -0.05) is 30.3 Å². The van der Waals surface area contributed by atoms with Crippen molar-refractivity contribution >= 4 is 11.5 Å². The van der Waals surface area contributed by atoms with Crippen molar-refractivity contribution in [2.45, 2.75) is 6.10 Å². The van der Waals surface area contributed by atoms with Gasteiger partial charge in [-0.05, 0) is 6.07 Å². The zero-order valence-electron chi connectivity index (χ0n) is 11.6. The fraction of sp³-hybridized carbons (Fsp3) is 0.188. The van der Waals surface area contributed by atoms with Crippen LogP contribution in [0.2, 0.25) is 0 Å². The molecule has 0 N–H and O–H groups in total. The lowest BCUT2D eigenvalue weighted by Gasteiger charge is -2.10. The summed E-state index contributed by atoms with van der Waals surface area (Å²) in [5.41, 5.74) is 0.692. The maximum atomic E-state index is 12.5. The molecule has 2 aromatic carbocycles. The molecule has 1 saturated heterocycles. The van der Waals surface area contributed by atoms with E-state index in [1.807, 2.05) is 6.07 Å². The van der Waals surface area contributed by atoms with Gasteiger partial charge in [0.25, 0.3) is 5.69 Å². The van der Waals surface area contributed by atoms with Crippen molar-refractivity contribution in [2.75, 3.05) is 13.2 Å². The predicted molar refractivity (Wildman–Crippen MR) is 78.2 cm³/mol. The molecule has 112 valence electrons. The summed E-state index contributed by atoms with van der Waals surface area (Å²) in [6.07, 6.45) is -0.000982. The summed E-state index contributed by atoms with van der Waals surface area (Å²) in [5, 5.41) is 10.9. The van der Waals surface area contributed by atoms with Crippen LogP contribution >= 0.6 is 0 Å². The van der Waals surface area contributed by atoms with Gasteiger partial charge in [0.2, 0.25) is 0 Å². The number of nitro groups is 1. The second-order valence-electron chi connectivity index (χ2n) is 4.90. The van der Waals surface area contributed by atoms with Crippen LogP contribution in [0.4, 0.5) is 5.69 Å². The van der Waals surface area contributed by atoms with E-state index in [0.717, 1.165) is 0 Å². The molecular weight excluding hydrogens is 286 g/mol. The van der Waals surface area contributed by atoms with Gasteiger partial charge in [0, 0.05) is 11.6 Å². The highest BCUT2D eigenvalue weighted by atomic mass is 16.6. The average molecular weight is 299 g/mol. The van der Waals surface area contributed by atoms with Crippen molar-refractivity contribution in [1.29, 1.82) is 0 Å². The first-order chi connectivity index (χ1) is 10.6. The molecule has 6 nitrogen and oxygen atoms in total. The highest BCUT2D eigenvalue weighted by Crippen LogP contribution is 2.28. The molecule has 0 amide bonds. The molecular formula is C16H13NO5. The lowest BCUT2D eigenvalue weighted by molar-refractivity contribution is -0.384. The van der Waals surface area contributed by atoms with Gasteiger partial charge in [0.05, 0.1) is 23.2 Å². The topological polar surface area (TPSA) is 82.0 Å². The lowest BCUT2D eigenvalue weighted by Crippen LogP contribution is -2.10. The SMILES string of the molecule is O=C(c1ccccc1)c1ccc([N+](=O)[O-])cc1OCC1CO1. The molecule has 0 radical (unpaired) electrons. The first-order valence-corrected chi connectivity index (χ1v) is 6.78. The Morgan fingerprint density at radius 2 is 2.00 bits per heavy atom. The van der Waals surface area contributed by atoms with Gasteiger partial charge >= 0.3 is 0 Å². The van der Waals surface area contributed by atoms with Crippen molar-refractivity contribution in [2.24, 2.45) is 0 Å². The van der Waals surface area contributed by atoms with E-state index in [4.69, 9.17) is 9.47 Å². The Morgan fingerprint density at radius 1 is 1.27 bits per heavy atom. The molecule has 0 aromatic heterocycles. The Kier molecular flexibility index (Phi) is 3.84. The van der Waals surface area contributed by atoms with E-state index in [1.165, 1.54) is 18.2 Å². The number of hydrogen-bond acceptors (Lipinski definition) is 5. The molecule has 1 aliphatic rings. The highest BCUT2D eigenvalue weighted by molar-refractivity contribution is 6.10. The van der Waals surface area contributed by atoms with Gasteiger partial charge in [-0.2, -0.15) is 0 Å². The summed E-state index contributed by atoms with van der Waals surface area (Å²) >= 11 is 0. The molecule has 0 saturated carbocycles. The molecule has 1 heterocycles. The second kappa shape index (κ2) is 5.95. The van der Waals surface area contributed by atoms with Crippen molar-refractivity contribution in [3.8, 4) is 5.75 Å². The van der Waals surface area contributed by atoms with Gasteiger partial charge in [-0.15, -0.1) is 0 Å². The van der Waals surface area contributed by atoms with E-state index < -0.39 is 4.92 Å². The highest BCUT2D eigenvalue weighted by Gasteiger charge is 2.25. The summed E-state index contributed by atoms with van der Waals surface area (Å²) in [7, 11) is 0. The van der Waals surface area contributed by atoms with Crippen LogP contribution in [0.5, 0.6) is 5.75 Å². The number of nitro benzene ring substituents is 1. The molecule has 3 rings (SSSR count). The molecule has 0 bridgehead atoms. The van der Waals surface area contributed by atoms with E-state index in [-0.39, 0.29) is 29.9 Å². The number of benzene rings is 2. The van der Waals surface area contributed by atoms with Gasteiger partial charge in [0.15, 0.2) is 5.78 Å². The zero-order valence-corrected chi connectivity index (χ0v) is 11.6. The lowest BCUT2D eigenvalue weighted by atomic mass is 10.0. The van der Waals surface area contributed by atoms with Crippen molar-refractivity contribution in [1.82, 2.24) is 0 Å². The minimum Gasteiger partial charge on any atom is -0.490 e. The predicted octanol–water partition coefficient (Wildman–Crippen LogP) is 2.60. The van der Waals surface area contributed by atoms with Crippen LogP contribution in [0.15, 0.2) is 48.5 Å². The van der Waals surface area contributed by atoms with Crippen LogP contribution in [0.3, 0.4) is 0 Å². The number of ketones is 1. The first kappa shape index (κ1) is 14.2. The maximum absolute atomic E-state index is 12.5. The number of ether oxygens (including phenoxy) is 2. The second-order valence-corrected chi connectivity index (χ2v) is 4.90. The molecule has 0 spiro atoms. The minimum absolute atomic E-state index is 0.000982. The summed E-state index contributed by atoms with van der Waals surface area (Å²) in [5.74, 6) is -0.0271. The fourth-order valence-electron chi connectivity index (χ4n) is 2.02. The third-order valence-corrected chi connectivity index (χ3v) is 3.28. The van der Waals surface area contributed by atoms with Crippen molar-refractivity contribution in [3.63, 3.8) is 0 Å². The number of hydrogen-bond donors (Lipinski definition) is 0. The molecule has 1 atom stereocenters. The Balaban J connectivity index is 1.93. The van der Waals surface area contributed by atoms with Crippen LogP contribution in [0.1, 0.15) is 15.9 Å². The maximum Gasteiger partial charge on any atom is 0.273 e. The van der Waals surface area contributed by atoms with Gasteiger partial charge in [-0.25, -0.2) is 0 Å². The Labute approximate surface area is 126 Å². The fourth-order valence-corrected chi connectivity index (χ4v) is 2.02. The van der Waals surface area contributed by atoms with E-state index in [0.29, 0.717) is 17.7 Å². The van der Waals surface area contributed by atoms with E-state index in [2.05, 4.69) is 0 Å². The van der Waals surface area contributed by atoms with Crippen LogP contribution in [-0.2, 0) is 4.74 Å². The third kappa shape index (κ3) is 3.12. The molecule has 6 heteroatoms. The van der Waals surface area contributed by atoms with E-state index in [9.17, 15) is 14.9 Å². The van der Waals surface area contributed by atoms with Crippen LogP contribution in [-0.4, -0.2) is 30.0 Å². The molecule has 2 aromatic rings. The summed E-state index contributed by atoms with van der Waals surface area (Å²) in [6.45, 7) is 0.882. The van der Waals surface area contributed by atoms with Crippen LogP contribution in [0.25, 0.3) is 0 Å². The van der Waals surface area contributed by atoms with Crippen molar-refractivity contribution < 1.29 is 19.2 Å².